The Labute approximate surface area is 124 Å². The molecule has 2 aromatic carbocycles. The van der Waals surface area contributed by atoms with E-state index in [0.717, 1.165) is 0 Å². The number of hydrogen-bond donors (Lipinski definition) is 1. The average Bonchev–Trinajstić information content (AvgIpc) is 2.40. The first kappa shape index (κ1) is 14.8. The van der Waals surface area contributed by atoms with Crippen LogP contribution in [0.1, 0.15) is 15.9 Å². The summed E-state index contributed by atoms with van der Waals surface area (Å²) in [5.74, 6) is -1.24. The van der Waals surface area contributed by atoms with Crippen LogP contribution in [0, 0.1) is 17.0 Å². The quantitative estimate of drug-likeness (QED) is 0.680. The molecular formula is C14H10ClNO5. The second kappa shape index (κ2) is 5.80. The molecule has 0 unspecified atom stereocenters. The van der Waals surface area contributed by atoms with E-state index in [4.69, 9.17) is 21.4 Å². The molecule has 0 spiro atoms. The summed E-state index contributed by atoms with van der Waals surface area (Å²) in [6.07, 6.45) is 0. The molecule has 0 saturated carbocycles. The van der Waals surface area contributed by atoms with Crippen molar-refractivity contribution in [1.82, 2.24) is 0 Å². The smallest absolute Gasteiger partial charge is 0.339 e. The van der Waals surface area contributed by atoms with Crippen molar-refractivity contribution in [3.63, 3.8) is 0 Å². The Morgan fingerprint density at radius 2 is 1.95 bits per heavy atom. The molecule has 0 aliphatic heterocycles. The molecule has 0 saturated heterocycles. The van der Waals surface area contributed by atoms with Gasteiger partial charge in [0, 0.05) is 0 Å². The van der Waals surface area contributed by atoms with Gasteiger partial charge < -0.3 is 9.84 Å². The third-order valence-corrected chi connectivity index (χ3v) is 3.09. The number of nitro benzene ring substituents is 1. The van der Waals surface area contributed by atoms with Crippen molar-refractivity contribution < 1.29 is 19.6 Å². The minimum atomic E-state index is -1.18. The zero-order chi connectivity index (χ0) is 15.6. The van der Waals surface area contributed by atoms with Crippen LogP contribution >= 0.6 is 11.6 Å². The highest BCUT2D eigenvalue weighted by Gasteiger charge is 2.23. The van der Waals surface area contributed by atoms with Gasteiger partial charge in [0.25, 0.3) is 0 Å². The summed E-state index contributed by atoms with van der Waals surface area (Å²) in [6.45, 7) is 1.65. The predicted octanol–water partition coefficient (Wildman–Crippen LogP) is 4.05. The van der Waals surface area contributed by atoms with E-state index in [0.29, 0.717) is 5.56 Å². The fourth-order valence-electron chi connectivity index (χ4n) is 1.82. The molecule has 0 bridgehead atoms. The number of carboxylic acids is 1. The van der Waals surface area contributed by atoms with E-state index in [9.17, 15) is 14.9 Å². The summed E-state index contributed by atoms with van der Waals surface area (Å²) in [5.41, 5.74) is 0.0622. The number of benzene rings is 2. The number of carbonyl (C=O) groups is 1. The molecule has 0 amide bonds. The number of ether oxygens (including phenoxy) is 1. The molecular weight excluding hydrogens is 298 g/mol. The van der Waals surface area contributed by atoms with Crippen LogP contribution in [-0.4, -0.2) is 16.0 Å². The number of carboxylic acid groups (broad SMARTS) is 1. The molecule has 0 aliphatic carbocycles. The lowest BCUT2D eigenvalue weighted by atomic mass is 10.1. The molecule has 108 valence electrons. The number of nitro groups is 1. The van der Waals surface area contributed by atoms with Gasteiger partial charge in [-0.3, -0.25) is 10.1 Å². The van der Waals surface area contributed by atoms with Crippen LogP contribution in [-0.2, 0) is 0 Å². The molecule has 21 heavy (non-hydrogen) atoms. The molecule has 0 fully saturated rings. The van der Waals surface area contributed by atoms with Crippen LogP contribution < -0.4 is 4.74 Å². The number of halogens is 1. The zero-order valence-corrected chi connectivity index (χ0v) is 11.6. The van der Waals surface area contributed by atoms with E-state index in [1.807, 2.05) is 0 Å². The standard InChI is InChI=1S/C14H10ClNO5/c1-8-4-2-5-9(14(17)18)13(8)21-11-7-3-6-10(15)12(11)16(19)20/h2-7H,1H3,(H,17,18). The van der Waals surface area contributed by atoms with Crippen LogP contribution in [0.4, 0.5) is 5.69 Å². The first-order valence-electron chi connectivity index (χ1n) is 5.85. The molecule has 0 aromatic heterocycles. The fourth-order valence-corrected chi connectivity index (χ4v) is 2.06. The van der Waals surface area contributed by atoms with Gasteiger partial charge in [0.2, 0.25) is 5.75 Å². The number of aromatic carboxylic acids is 1. The third-order valence-electron chi connectivity index (χ3n) is 2.79. The summed E-state index contributed by atoms with van der Waals surface area (Å²) < 4.78 is 5.47. The largest absolute Gasteiger partial charge is 0.478 e. The predicted molar refractivity (Wildman–Crippen MR) is 76.3 cm³/mol. The zero-order valence-electron chi connectivity index (χ0n) is 10.9. The molecule has 7 heteroatoms. The minimum Gasteiger partial charge on any atom is -0.478 e. The molecule has 2 aromatic rings. The van der Waals surface area contributed by atoms with Gasteiger partial charge in [0.05, 0.1) is 4.92 Å². The van der Waals surface area contributed by atoms with Gasteiger partial charge in [0.1, 0.15) is 16.3 Å². The lowest BCUT2D eigenvalue weighted by Gasteiger charge is -2.12. The summed E-state index contributed by atoms with van der Waals surface area (Å²) in [4.78, 5) is 21.6. The van der Waals surface area contributed by atoms with E-state index in [2.05, 4.69) is 0 Å². The summed E-state index contributed by atoms with van der Waals surface area (Å²) in [5, 5.41) is 20.1. The number of aryl methyl sites for hydroxylation is 1. The number of nitrogens with zero attached hydrogens (tertiary/aromatic N) is 1. The Kier molecular flexibility index (Phi) is 4.09. The first-order valence-corrected chi connectivity index (χ1v) is 6.23. The second-order valence-corrected chi connectivity index (χ2v) is 4.61. The Morgan fingerprint density at radius 3 is 2.57 bits per heavy atom. The second-order valence-electron chi connectivity index (χ2n) is 4.20. The Balaban J connectivity index is 2.56. The maximum atomic E-state index is 11.2. The highest BCUT2D eigenvalue weighted by atomic mass is 35.5. The van der Waals surface area contributed by atoms with Crippen molar-refractivity contribution >= 4 is 23.3 Å². The topological polar surface area (TPSA) is 89.7 Å². The molecule has 0 aliphatic rings. The lowest BCUT2D eigenvalue weighted by molar-refractivity contribution is -0.385. The Morgan fingerprint density at radius 1 is 1.29 bits per heavy atom. The van der Waals surface area contributed by atoms with Crippen molar-refractivity contribution in [3.05, 3.63) is 62.7 Å². The lowest BCUT2D eigenvalue weighted by Crippen LogP contribution is -2.02. The molecule has 6 nitrogen and oxygen atoms in total. The molecule has 2 rings (SSSR count). The van der Waals surface area contributed by atoms with Crippen molar-refractivity contribution in [3.8, 4) is 11.5 Å². The van der Waals surface area contributed by atoms with Gasteiger partial charge >= 0.3 is 11.7 Å². The highest BCUT2D eigenvalue weighted by molar-refractivity contribution is 6.33. The molecule has 0 atom stereocenters. The minimum absolute atomic E-state index is 0.0513. The van der Waals surface area contributed by atoms with Gasteiger partial charge in [-0.1, -0.05) is 29.8 Å². The number of para-hydroxylation sites is 2. The normalized spacial score (nSPS) is 10.2. The first-order chi connectivity index (χ1) is 9.91. The molecule has 1 N–H and O–H groups in total. The summed E-state index contributed by atoms with van der Waals surface area (Å²) in [7, 11) is 0. The third kappa shape index (κ3) is 2.95. The molecule has 0 radical (unpaired) electrons. The van der Waals surface area contributed by atoms with Crippen LogP contribution in [0.15, 0.2) is 36.4 Å². The Hall–Kier alpha value is -2.60. The van der Waals surface area contributed by atoms with E-state index in [-0.39, 0.29) is 22.1 Å². The van der Waals surface area contributed by atoms with Gasteiger partial charge in [0.15, 0.2) is 0 Å². The van der Waals surface area contributed by atoms with Gasteiger partial charge in [-0.05, 0) is 30.7 Å². The van der Waals surface area contributed by atoms with E-state index in [1.165, 1.54) is 24.3 Å². The maximum Gasteiger partial charge on any atom is 0.339 e. The van der Waals surface area contributed by atoms with Gasteiger partial charge in [-0.2, -0.15) is 0 Å². The highest BCUT2D eigenvalue weighted by Crippen LogP contribution is 2.38. The number of hydrogen-bond acceptors (Lipinski definition) is 4. The monoisotopic (exact) mass is 307 g/mol. The van der Waals surface area contributed by atoms with E-state index in [1.54, 1.807) is 19.1 Å². The summed E-state index contributed by atoms with van der Waals surface area (Å²) >= 11 is 5.79. The van der Waals surface area contributed by atoms with E-state index >= 15 is 0 Å². The maximum absolute atomic E-state index is 11.2. The van der Waals surface area contributed by atoms with Crippen molar-refractivity contribution in [2.75, 3.05) is 0 Å². The van der Waals surface area contributed by atoms with Crippen molar-refractivity contribution in [2.45, 2.75) is 6.92 Å². The average molecular weight is 308 g/mol. The fraction of sp³-hybridized carbons (Fsp3) is 0.0714. The Bertz CT molecular complexity index is 729. The number of rotatable bonds is 4. The summed E-state index contributed by atoms with van der Waals surface area (Å²) in [6, 6.07) is 8.80. The van der Waals surface area contributed by atoms with Crippen LogP contribution in [0.3, 0.4) is 0 Å². The molecule has 0 heterocycles. The van der Waals surface area contributed by atoms with Gasteiger partial charge in [-0.15, -0.1) is 0 Å². The van der Waals surface area contributed by atoms with Crippen molar-refractivity contribution in [2.24, 2.45) is 0 Å². The SMILES string of the molecule is Cc1cccc(C(=O)O)c1Oc1cccc(Cl)c1[N+](=O)[O-]. The van der Waals surface area contributed by atoms with Crippen molar-refractivity contribution in [1.29, 1.82) is 0 Å². The van der Waals surface area contributed by atoms with Crippen LogP contribution in [0.25, 0.3) is 0 Å². The van der Waals surface area contributed by atoms with Gasteiger partial charge in [-0.25, -0.2) is 4.79 Å². The van der Waals surface area contributed by atoms with Crippen LogP contribution in [0.5, 0.6) is 11.5 Å². The van der Waals surface area contributed by atoms with E-state index < -0.39 is 16.6 Å². The van der Waals surface area contributed by atoms with Crippen LogP contribution in [0.2, 0.25) is 5.02 Å².